The molecule has 1 aliphatic heterocycles. The molecule has 0 radical (unpaired) electrons. The SMILES string of the molecule is N[C@H]1CCc2cc(OCCN3CCCCC3)ccc21. The maximum absolute atomic E-state index is 6.05. The summed E-state index contributed by atoms with van der Waals surface area (Å²) >= 11 is 0. The Kier molecular flexibility index (Phi) is 4.04. The number of piperidine rings is 1. The first-order valence-electron chi connectivity index (χ1n) is 7.56. The van der Waals surface area contributed by atoms with Gasteiger partial charge in [-0.2, -0.15) is 0 Å². The Morgan fingerprint density at radius 3 is 2.89 bits per heavy atom. The van der Waals surface area contributed by atoms with Crippen LogP contribution in [-0.2, 0) is 6.42 Å². The molecule has 1 saturated heterocycles. The van der Waals surface area contributed by atoms with Crippen LogP contribution in [0, 0.1) is 0 Å². The summed E-state index contributed by atoms with van der Waals surface area (Å²) in [6.45, 7) is 4.33. The van der Waals surface area contributed by atoms with Gasteiger partial charge >= 0.3 is 0 Å². The average Bonchev–Trinajstić information content (AvgIpc) is 2.81. The summed E-state index contributed by atoms with van der Waals surface area (Å²) in [6.07, 6.45) is 6.25. The van der Waals surface area contributed by atoms with Gasteiger partial charge in [0.2, 0.25) is 0 Å². The number of hydrogen-bond acceptors (Lipinski definition) is 3. The molecule has 19 heavy (non-hydrogen) atoms. The molecule has 1 aromatic rings. The number of nitrogens with two attached hydrogens (primary N) is 1. The Morgan fingerprint density at radius 2 is 2.05 bits per heavy atom. The van der Waals surface area contributed by atoms with Crippen molar-refractivity contribution in [1.82, 2.24) is 4.90 Å². The van der Waals surface area contributed by atoms with Crippen LogP contribution < -0.4 is 10.5 Å². The molecule has 0 amide bonds. The summed E-state index contributed by atoms with van der Waals surface area (Å²) < 4.78 is 5.89. The molecule has 1 aliphatic carbocycles. The molecule has 2 aliphatic rings. The Bertz CT molecular complexity index is 427. The van der Waals surface area contributed by atoms with Gasteiger partial charge in [-0.3, -0.25) is 4.90 Å². The maximum Gasteiger partial charge on any atom is 0.119 e. The molecule has 1 heterocycles. The fourth-order valence-corrected chi connectivity index (χ4v) is 3.19. The second-order valence-electron chi connectivity index (χ2n) is 5.76. The van der Waals surface area contributed by atoms with Crippen LogP contribution in [0.25, 0.3) is 0 Å². The smallest absolute Gasteiger partial charge is 0.119 e. The fraction of sp³-hybridized carbons (Fsp3) is 0.625. The fourth-order valence-electron chi connectivity index (χ4n) is 3.19. The zero-order chi connectivity index (χ0) is 13.1. The van der Waals surface area contributed by atoms with E-state index in [0.29, 0.717) is 0 Å². The molecule has 1 atom stereocenters. The third kappa shape index (κ3) is 3.10. The zero-order valence-corrected chi connectivity index (χ0v) is 11.6. The highest BCUT2D eigenvalue weighted by Crippen LogP contribution is 2.31. The van der Waals surface area contributed by atoms with E-state index in [1.54, 1.807) is 0 Å². The van der Waals surface area contributed by atoms with Gasteiger partial charge in [-0.1, -0.05) is 12.5 Å². The predicted molar refractivity (Wildman–Crippen MR) is 77.5 cm³/mol. The van der Waals surface area contributed by atoms with E-state index in [1.165, 1.54) is 43.5 Å². The van der Waals surface area contributed by atoms with Gasteiger partial charge in [0.1, 0.15) is 12.4 Å². The van der Waals surface area contributed by atoms with Crippen LogP contribution in [0.1, 0.15) is 42.9 Å². The standard InChI is InChI=1S/C16H24N2O/c17-16-7-4-13-12-14(5-6-15(13)16)19-11-10-18-8-2-1-3-9-18/h5-6,12,16H,1-4,7-11,17H2/t16-/m0/s1. The summed E-state index contributed by atoms with van der Waals surface area (Å²) in [5.74, 6) is 1.00. The highest BCUT2D eigenvalue weighted by atomic mass is 16.5. The van der Waals surface area contributed by atoms with E-state index < -0.39 is 0 Å². The number of benzene rings is 1. The Hall–Kier alpha value is -1.06. The molecule has 0 spiro atoms. The van der Waals surface area contributed by atoms with Crippen molar-refractivity contribution in [2.45, 2.75) is 38.1 Å². The lowest BCUT2D eigenvalue weighted by Crippen LogP contribution is -2.33. The van der Waals surface area contributed by atoms with E-state index in [4.69, 9.17) is 10.5 Å². The predicted octanol–water partition coefficient (Wildman–Crippen LogP) is 2.50. The second kappa shape index (κ2) is 5.93. The third-order valence-corrected chi connectivity index (χ3v) is 4.36. The second-order valence-corrected chi connectivity index (χ2v) is 5.76. The van der Waals surface area contributed by atoms with Crippen molar-refractivity contribution in [3.05, 3.63) is 29.3 Å². The van der Waals surface area contributed by atoms with Crippen molar-refractivity contribution in [2.24, 2.45) is 5.73 Å². The number of ether oxygens (including phenoxy) is 1. The lowest BCUT2D eigenvalue weighted by atomic mass is 10.1. The minimum atomic E-state index is 0.234. The molecule has 104 valence electrons. The van der Waals surface area contributed by atoms with Crippen LogP contribution in [0.15, 0.2) is 18.2 Å². The molecule has 3 heteroatoms. The van der Waals surface area contributed by atoms with Crippen LogP contribution in [0.4, 0.5) is 0 Å². The van der Waals surface area contributed by atoms with Crippen molar-refractivity contribution >= 4 is 0 Å². The first-order chi connectivity index (χ1) is 9.33. The monoisotopic (exact) mass is 260 g/mol. The van der Waals surface area contributed by atoms with Gasteiger partial charge < -0.3 is 10.5 Å². The van der Waals surface area contributed by atoms with Gasteiger partial charge in [0.25, 0.3) is 0 Å². The van der Waals surface area contributed by atoms with Gasteiger partial charge in [-0.15, -0.1) is 0 Å². The summed E-state index contributed by atoms with van der Waals surface area (Å²) in [5.41, 5.74) is 8.73. The van der Waals surface area contributed by atoms with E-state index in [1.807, 2.05) is 0 Å². The molecule has 0 bridgehead atoms. The summed E-state index contributed by atoms with van der Waals surface area (Å²) in [7, 11) is 0. The van der Waals surface area contributed by atoms with E-state index in [-0.39, 0.29) is 6.04 Å². The van der Waals surface area contributed by atoms with Gasteiger partial charge in [0.15, 0.2) is 0 Å². The van der Waals surface area contributed by atoms with E-state index in [9.17, 15) is 0 Å². The van der Waals surface area contributed by atoms with Crippen LogP contribution in [-0.4, -0.2) is 31.1 Å². The summed E-state index contributed by atoms with van der Waals surface area (Å²) in [6, 6.07) is 6.62. The van der Waals surface area contributed by atoms with Gasteiger partial charge in [-0.25, -0.2) is 0 Å². The quantitative estimate of drug-likeness (QED) is 0.904. The van der Waals surface area contributed by atoms with Crippen LogP contribution in [0.3, 0.4) is 0 Å². The maximum atomic E-state index is 6.05. The lowest BCUT2D eigenvalue weighted by molar-refractivity contribution is 0.183. The first-order valence-corrected chi connectivity index (χ1v) is 7.56. The number of nitrogens with zero attached hydrogens (tertiary/aromatic N) is 1. The number of aryl methyl sites for hydroxylation is 1. The van der Waals surface area contributed by atoms with E-state index in [2.05, 4.69) is 23.1 Å². The van der Waals surface area contributed by atoms with Crippen molar-refractivity contribution in [2.75, 3.05) is 26.2 Å². The molecular formula is C16H24N2O. The average molecular weight is 260 g/mol. The number of rotatable bonds is 4. The van der Waals surface area contributed by atoms with E-state index >= 15 is 0 Å². The number of hydrogen-bond donors (Lipinski definition) is 1. The van der Waals surface area contributed by atoms with Gasteiger partial charge in [0, 0.05) is 12.6 Å². The summed E-state index contributed by atoms with van der Waals surface area (Å²) in [5, 5.41) is 0. The third-order valence-electron chi connectivity index (χ3n) is 4.36. The van der Waals surface area contributed by atoms with Gasteiger partial charge in [0.05, 0.1) is 0 Å². The largest absolute Gasteiger partial charge is 0.492 e. The van der Waals surface area contributed by atoms with Crippen molar-refractivity contribution in [3.8, 4) is 5.75 Å². The molecule has 1 aromatic carbocycles. The van der Waals surface area contributed by atoms with Crippen LogP contribution in [0.2, 0.25) is 0 Å². The van der Waals surface area contributed by atoms with Crippen molar-refractivity contribution in [3.63, 3.8) is 0 Å². The number of likely N-dealkylation sites (tertiary alicyclic amines) is 1. The molecule has 3 nitrogen and oxygen atoms in total. The molecule has 0 unspecified atom stereocenters. The molecule has 3 rings (SSSR count). The topological polar surface area (TPSA) is 38.5 Å². The Morgan fingerprint density at radius 1 is 1.21 bits per heavy atom. The highest BCUT2D eigenvalue weighted by molar-refractivity contribution is 5.40. The molecule has 0 saturated carbocycles. The molecule has 1 fully saturated rings. The number of fused-ring (bicyclic) bond motifs is 1. The van der Waals surface area contributed by atoms with Gasteiger partial charge in [-0.05, 0) is 62.0 Å². The highest BCUT2D eigenvalue weighted by Gasteiger charge is 2.19. The molecular weight excluding hydrogens is 236 g/mol. The zero-order valence-electron chi connectivity index (χ0n) is 11.6. The van der Waals surface area contributed by atoms with Crippen LogP contribution >= 0.6 is 0 Å². The van der Waals surface area contributed by atoms with E-state index in [0.717, 1.165) is 31.7 Å². The molecule has 0 aromatic heterocycles. The normalized spacial score (nSPS) is 23.3. The minimum absolute atomic E-state index is 0.234. The van der Waals surface area contributed by atoms with Crippen molar-refractivity contribution in [1.29, 1.82) is 0 Å². The lowest BCUT2D eigenvalue weighted by Gasteiger charge is -2.26. The van der Waals surface area contributed by atoms with Crippen molar-refractivity contribution < 1.29 is 4.74 Å². The first kappa shape index (κ1) is 12.9. The minimum Gasteiger partial charge on any atom is -0.492 e. The molecule has 2 N–H and O–H groups in total. The van der Waals surface area contributed by atoms with Crippen LogP contribution in [0.5, 0.6) is 5.75 Å². The summed E-state index contributed by atoms with van der Waals surface area (Å²) in [4.78, 5) is 2.51. The Labute approximate surface area is 115 Å². The Balaban J connectivity index is 1.50.